The van der Waals surface area contributed by atoms with Crippen LogP contribution < -0.4 is 4.90 Å². The fourth-order valence-electron chi connectivity index (χ4n) is 1.29. The second-order valence-electron chi connectivity index (χ2n) is 3.75. The van der Waals surface area contributed by atoms with Gasteiger partial charge in [0.25, 0.3) is 0 Å². The van der Waals surface area contributed by atoms with E-state index in [9.17, 15) is 4.79 Å². The molecule has 0 bridgehead atoms. The zero-order valence-electron chi connectivity index (χ0n) is 9.23. The van der Waals surface area contributed by atoms with Crippen LogP contribution in [0.3, 0.4) is 0 Å². The largest absolute Gasteiger partial charge is 0.476 e. The van der Waals surface area contributed by atoms with Crippen molar-refractivity contribution < 1.29 is 9.90 Å². The Morgan fingerprint density at radius 3 is 2.73 bits per heavy atom. The summed E-state index contributed by atoms with van der Waals surface area (Å²) in [5.74, 6) is -0.416. The van der Waals surface area contributed by atoms with Gasteiger partial charge in [0.2, 0.25) is 0 Å². The van der Waals surface area contributed by atoms with Crippen LogP contribution in [0.5, 0.6) is 0 Å². The lowest BCUT2D eigenvalue weighted by atomic mass is 10.2. The van der Waals surface area contributed by atoms with Crippen LogP contribution in [-0.4, -0.2) is 29.1 Å². The maximum Gasteiger partial charge on any atom is 0.355 e. The molecule has 0 fully saturated rings. The number of thiazole rings is 1. The number of hydrogen-bond acceptors (Lipinski definition) is 4. The lowest BCUT2D eigenvalue weighted by Crippen LogP contribution is -2.27. The first kappa shape index (κ1) is 12.0. The van der Waals surface area contributed by atoms with Gasteiger partial charge in [0, 0.05) is 18.5 Å². The number of rotatable bonds is 5. The number of aromatic carboxylic acids is 1. The third-order valence-electron chi connectivity index (χ3n) is 1.95. The second kappa shape index (κ2) is 5.11. The van der Waals surface area contributed by atoms with E-state index in [1.165, 1.54) is 11.3 Å². The van der Waals surface area contributed by atoms with Gasteiger partial charge in [-0.25, -0.2) is 9.78 Å². The zero-order valence-corrected chi connectivity index (χ0v) is 10.0. The van der Waals surface area contributed by atoms with Gasteiger partial charge in [-0.2, -0.15) is 0 Å². The van der Waals surface area contributed by atoms with E-state index in [0.717, 1.165) is 18.2 Å². The lowest BCUT2D eigenvalue weighted by molar-refractivity contribution is 0.0691. The van der Waals surface area contributed by atoms with Gasteiger partial charge in [0.15, 0.2) is 10.8 Å². The van der Waals surface area contributed by atoms with Gasteiger partial charge in [-0.1, -0.05) is 13.8 Å². The highest BCUT2D eigenvalue weighted by Crippen LogP contribution is 2.21. The molecule has 1 heterocycles. The molecule has 0 unspecified atom stereocenters. The minimum absolute atomic E-state index is 0.136. The average molecular weight is 228 g/mol. The molecule has 0 spiro atoms. The van der Waals surface area contributed by atoms with Gasteiger partial charge >= 0.3 is 5.97 Å². The molecule has 0 amide bonds. The monoisotopic (exact) mass is 228 g/mol. The standard InChI is InChI=1S/C10H16N2O2S/c1-4-12(5-7(2)3)10-11-8(6-15-10)9(13)14/h6-7H,4-5H2,1-3H3,(H,13,14). The van der Waals surface area contributed by atoms with Crippen LogP contribution >= 0.6 is 11.3 Å². The predicted octanol–water partition coefficient (Wildman–Crippen LogP) is 2.32. The summed E-state index contributed by atoms with van der Waals surface area (Å²) in [6.07, 6.45) is 0. The van der Waals surface area contributed by atoms with Gasteiger partial charge < -0.3 is 10.0 Å². The van der Waals surface area contributed by atoms with Crippen molar-refractivity contribution in [2.75, 3.05) is 18.0 Å². The Hall–Kier alpha value is -1.10. The van der Waals surface area contributed by atoms with E-state index in [4.69, 9.17) is 5.11 Å². The molecule has 1 aromatic rings. The fraction of sp³-hybridized carbons (Fsp3) is 0.600. The minimum Gasteiger partial charge on any atom is -0.476 e. The lowest BCUT2D eigenvalue weighted by Gasteiger charge is -2.21. The molecule has 0 saturated heterocycles. The highest BCUT2D eigenvalue weighted by molar-refractivity contribution is 7.13. The topological polar surface area (TPSA) is 53.4 Å². The first-order valence-electron chi connectivity index (χ1n) is 4.98. The zero-order chi connectivity index (χ0) is 11.4. The van der Waals surface area contributed by atoms with Crippen LogP contribution in [0.2, 0.25) is 0 Å². The summed E-state index contributed by atoms with van der Waals surface area (Å²) in [4.78, 5) is 16.9. The van der Waals surface area contributed by atoms with Crippen LogP contribution in [0.15, 0.2) is 5.38 Å². The second-order valence-corrected chi connectivity index (χ2v) is 4.59. The Labute approximate surface area is 93.6 Å². The summed E-state index contributed by atoms with van der Waals surface area (Å²) in [5, 5.41) is 11.1. The van der Waals surface area contributed by atoms with E-state index in [1.54, 1.807) is 5.38 Å². The molecule has 15 heavy (non-hydrogen) atoms. The first-order valence-corrected chi connectivity index (χ1v) is 5.86. The summed E-state index contributed by atoms with van der Waals surface area (Å²) in [6.45, 7) is 8.07. The number of anilines is 1. The minimum atomic E-state index is -0.960. The summed E-state index contributed by atoms with van der Waals surface area (Å²) in [6, 6.07) is 0. The van der Waals surface area contributed by atoms with Gasteiger partial charge in [0.05, 0.1) is 0 Å². The van der Waals surface area contributed by atoms with Crippen LogP contribution in [0.1, 0.15) is 31.3 Å². The van der Waals surface area contributed by atoms with Crippen molar-refractivity contribution in [2.24, 2.45) is 5.92 Å². The normalized spacial score (nSPS) is 10.7. The van der Waals surface area contributed by atoms with Gasteiger partial charge in [0.1, 0.15) is 0 Å². The molecule has 0 radical (unpaired) electrons. The van der Waals surface area contributed by atoms with Crippen molar-refractivity contribution in [1.82, 2.24) is 4.98 Å². The highest BCUT2D eigenvalue weighted by Gasteiger charge is 2.13. The summed E-state index contributed by atoms with van der Waals surface area (Å²) < 4.78 is 0. The van der Waals surface area contributed by atoms with Crippen molar-refractivity contribution in [3.8, 4) is 0 Å². The molecule has 0 aromatic carbocycles. The smallest absolute Gasteiger partial charge is 0.355 e. The molecule has 0 atom stereocenters. The van der Waals surface area contributed by atoms with Crippen LogP contribution in [0.4, 0.5) is 5.13 Å². The molecular formula is C10H16N2O2S. The number of carboxylic acids is 1. The van der Waals surface area contributed by atoms with Gasteiger partial charge in [-0.05, 0) is 12.8 Å². The first-order chi connectivity index (χ1) is 7.04. The van der Waals surface area contributed by atoms with Crippen molar-refractivity contribution >= 4 is 22.4 Å². The van der Waals surface area contributed by atoms with E-state index in [2.05, 4.69) is 23.7 Å². The van der Waals surface area contributed by atoms with Gasteiger partial charge in [-0.15, -0.1) is 11.3 Å². The Morgan fingerprint density at radius 1 is 1.67 bits per heavy atom. The highest BCUT2D eigenvalue weighted by atomic mass is 32.1. The number of nitrogens with zero attached hydrogens (tertiary/aromatic N) is 2. The quantitative estimate of drug-likeness (QED) is 0.840. The Bertz CT molecular complexity index is 336. The molecule has 1 N–H and O–H groups in total. The number of hydrogen-bond donors (Lipinski definition) is 1. The molecule has 0 aliphatic rings. The maximum absolute atomic E-state index is 10.7. The molecule has 1 aromatic heterocycles. The maximum atomic E-state index is 10.7. The summed E-state index contributed by atoms with van der Waals surface area (Å²) >= 11 is 1.39. The van der Waals surface area contributed by atoms with Crippen LogP contribution in [0, 0.1) is 5.92 Å². The number of carbonyl (C=O) groups is 1. The molecule has 1 rings (SSSR count). The van der Waals surface area contributed by atoms with Gasteiger partial charge in [-0.3, -0.25) is 0 Å². The Morgan fingerprint density at radius 2 is 2.33 bits per heavy atom. The molecule has 0 aliphatic carbocycles. The Kier molecular flexibility index (Phi) is 4.08. The van der Waals surface area contributed by atoms with Crippen molar-refractivity contribution in [3.63, 3.8) is 0 Å². The van der Waals surface area contributed by atoms with E-state index >= 15 is 0 Å². The van der Waals surface area contributed by atoms with E-state index < -0.39 is 5.97 Å². The SMILES string of the molecule is CCN(CC(C)C)c1nc(C(=O)O)cs1. The van der Waals surface area contributed by atoms with Crippen molar-refractivity contribution in [3.05, 3.63) is 11.1 Å². The molecule has 4 nitrogen and oxygen atoms in total. The number of aromatic nitrogens is 1. The van der Waals surface area contributed by atoms with Crippen LogP contribution in [0.25, 0.3) is 0 Å². The third-order valence-corrected chi connectivity index (χ3v) is 2.85. The number of carboxylic acid groups (broad SMARTS) is 1. The van der Waals surface area contributed by atoms with E-state index in [-0.39, 0.29) is 5.69 Å². The average Bonchev–Trinajstić information content (AvgIpc) is 2.62. The molecule has 5 heteroatoms. The molecular weight excluding hydrogens is 212 g/mol. The van der Waals surface area contributed by atoms with E-state index in [0.29, 0.717) is 5.92 Å². The molecule has 0 saturated carbocycles. The summed E-state index contributed by atoms with van der Waals surface area (Å²) in [7, 11) is 0. The van der Waals surface area contributed by atoms with Crippen molar-refractivity contribution in [1.29, 1.82) is 0 Å². The summed E-state index contributed by atoms with van der Waals surface area (Å²) in [5.41, 5.74) is 0.136. The molecule has 0 aliphatic heterocycles. The fourth-order valence-corrected chi connectivity index (χ4v) is 2.17. The van der Waals surface area contributed by atoms with Crippen LogP contribution in [-0.2, 0) is 0 Å². The predicted molar refractivity (Wildman–Crippen MR) is 61.8 cm³/mol. The molecule has 84 valence electrons. The Balaban J connectivity index is 2.78. The van der Waals surface area contributed by atoms with Crippen molar-refractivity contribution in [2.45, 2.75) is 20.8 Å². The van der Waals surface area contributed by atoms with E-state index in [1.807, 2.05) is 6.92 Å². The third kappa shape index (κ3) is 3.20.